The quantitative estimate of drug-likeness (QED) is 0.777. The Hall–Kier alpha value is -0.970. The maximum Gasteiger partial charge on any atom is 0.226 e. The highest BCUT2D eigenvalue weighted by Crippen LogP contribution is 2.29. The molecular weight excluding hydrogens is 258 g/mol. The molecule has 0 saturated heterocycles. The maximum absolute atomic E-state index is 11.7. The van der Waals surface area contributed by atoms with E-state index < -0.39 is 0 Å². The Morgan fingerprint density at radius 3 is 2.63 bits per heavy atom. The van der Waals surface area contributed by atoms with Crippen LogP contribution < -0.4 is 5.32 Å². The number of amides is 1. The number of rotatable bonds is 8. The molecule has 0 radical (unpaired) electrons. The smallest absolute Gasteiger partial charge is 0.226 e. The topological polar surface area (TPSA) is 54.9 Å². The maximum atomic E-state index is 11.7. The van der Waals surface area contributed by atoms with Crippen molar-refractivity contribution >= 4 is 22.4 Å². The minimum absolute atomic E-state index is 0.0271. The van der Waals surface area contributed by atoms with Gasteiger partial charge in [0, 0.05) is 12.3 Å². The van der Waals surface area contributed by atoms with Gasteiger partial charge in [-0.15, -0.1) is 10.2 Å². The van der Waals surface area contributed by atoms with Crippen molar-refractivity contribution in [3.63, 3.8) is 0 Å². The predicted octanol–water partition coefficient (Wildman–Crippen LogP) is 4.21. The lowest BCUT2D eigenvalue weighted by atomic mass is 10.0. The molecule has 4 nitrogen and oxygen atoms in total. The first-order valence-electron chi connectivity index (χ1n) is 7.20. The Balaban J connectivity index is 2.57. The number of aromatic nitrogens is 2. The standard InChI is InChI=1S/C14H25N3OS/c1-5-7-8-11(6-2)13-16-17-14(19-13)15-12(18)9-10(3)4/h10-11H,5-9H2,1-4H3,(H,15,17,18)/t11-/m0/s1. The van der Waals surface area contributed by atoms with Crippen LogP contribution in [0.4, 0.5) is 5.13 Å². The van der Waals surface area contributed by atoms with Gasteiger partial charge < -0.3 is 5.32 Å². The summed E-state index contributed by atoms with van der Waals surface area (Å²) in [5.74, 6) is 0.868. The molecule has 0 aliphatic rings. The molecule has 0 aliphatic carbocycles. The van der Waals surface area contributed by atoms with Crippen molar-refractivity contribution in [3.8, 4) is 0 Å². The van der Waals surface area contributed by atoms with Crippen molar-refractivity contribution in [3.05, 3.63) is 5.01 Å². The van der Waals surface area contributed by atoms with Gasteiger partial charge in [0.1, 0.15) is 5.01 Å². The van der Waals surface area contributed by atoms with Gasteiger partial charge in [0.05, 0.1) is 0 Å². The molecule has 108 valence electrons. The third-order valence-corrected chi connectivity index (χ3v) is 4.03. The molecule has 1 aromatic heterocycles. The average molecular weight is 283 g/mol. The fourth-order valence-corrected chi connectivity index (χ4v) is 2.92. The van der Waals surface area contributed by atoms with E-state index in [9.17, 15) is 4.79 Å². The Morgan fingerprint density at radius 1 is 1.32 bits per heavy atom. The van der Waals surface area contributed by atoms with Crippen molar-refractivity contribution in [2.45, 2.75) is 65.7 Å². The molecule has 19 heavy (non-hydrogen) atoms. The number of carbonyl (C=O) groups excluding carboxylic acids is 1. The second kappa shape index (κ2) is 8.25. The van der Waals surface area contributed by atoms with Crippen LogP contribution in [0.5, 0.6) is 0 Å². The highest BCUT2D eigenvalue weighted by atomic mass is 32.1. The molecule has 1 heterocycles. The first kappa shape index (κ1) is 16.1. The van der Waals surface area contributed by atoms with Gasteiger partial charge in [-0.3, -0.25) is 4.79 Å². The molecule has 1 atom stereocenters. The zero-order chi connectivity index (χ0) is 14.3. The lowest BCUT2D eigenvalue weighted by Gasteiger charge is -2.09. The monoisotopic (exact) mass is 283 g/mol. The minimum Gasteiger partial charge on any atom is -0.301 e. The molecule has 1 N–H and O–H groups in total. The van der Waals surface area contributed by atoms with Gasteiger partial charge in [-0.05, 0) is 18.8 Å². The molecule has 1 aromatic rings. The van der Waals surface area contributed by atoms with Crippen LogP contribution >= 0.6 is 11.3 Å². The number of carbonyl (C=O) groups is 1. The largest absolute Gasteiger partial charge is 0.301 e. The summed E-state index contributed by atoms with van der Waals surface area (Å²) in [4.78, 5) is 11.7. The number of hydrogen-bond donors (Lipinski definition) is 1. The molecule has 0 bridgehead atoms. The molecule has 5 heteroatoms. The summed E-state index contributed by atoms with van der Waals surface area (Å²) in [5.41, 5.74) is 0. The van der Waals surface area contributed by atoms with Crippen LogP contribution in [-0.2, 0) is 4.79 Å². The second-order valence-corrected chi connectivity index (χ2v) is 6.35. The zero-order valence-electron chi connectivity index (χ0n) is 12.4. The number of anilines is 1. The minimum atomic E-state index is 0.0271. The van der Waals surface area contributed by atoms with Gasteiger partial charge in [0.15, 0.2) is 0 Å². The van der Waals surface area contributed by atoms with Crippen molar-refractivity contribution < 1.29 is 4.79 Å². The molecule has 0 spiro atoms. The summed E-state index contributed by atoms with van der Waals surface area (Å²) in [6.45, 7) is 8.44. The third-order valence-electron chi connectivity index (χ3n) is 3.03. The van der Waals surface area contributed by atoms with Gasteiger partial charge in [-0.25, -0.2) is 0 Å². The van der Waals surface area contributed by atoms with Gasteiger partial charge >= 0.3 is 0 Å². The summed E-state index contributed by atoms with van der Waals surface area (Å²) in [5, 5.41) is 12.8. The highest BCUT2D eigenvalue weighted by Gasteiger charge is 2.16. The van der Waals surface area contributed by atoms with E-state index in [4.69, 9.17) is 0 Å². The zero-order valence-corrected chi connectivity index (χ0v) is 13.2. The molecule has 0 aliphatic heterocycles. The van der Waals surface area contributed by atoms with Crippen molar-refractivity contribution in [1.82, 2.24) is 10.2 Å². The van der Waals surface area contributed by atoms with Crippen LogP contribution in [0.2, 0.25) is 0 Å². The Kier molecular flexibility index (Phi) is 6.99. The van der Waals surface area contributed by atoms with Gasteiger partial charge in [0.2, 0.25) is 11.0 Å². The van der Waals surface area contributed by atoms with Crippen LogP contribution in [0.1, 0.15) is 70.7 Å². The lowest BCUT2D eigenvalue weighted by molar-refractivity contribution is -0.116. The van der Waals surface area contributed by atoms with Crippen LogP contribution in [0.3, 0.4) is 0 Å². The number of unbranched alkanes of at least 4 members (excludes halogenated alkanes) is 1. The van der Waals surface area contributed by atoms with Gasteiger partial charge in [-0.2, -0.15) is 0 Å². The summed E-state index contributed by atoms with van der Waals surface area (Å²) in [6, 6.07) is 0. The number of nitrogens with one attached hydrogen (secondary N) is 1. The van der Waals surface area contributed by atoms with E-state index in [1.165, 1.54) is 24.2 Å². The van der Waals surface area contributed by atoms with Gasteiger partial charge in [-0.1, -0.05) is 51.9 Å². The van der Waals surface area contributed by atoms with E-state index in [0.29, 0.717) is 23.4 Å². The van der Waals surface area contributed by atoms with E-state index in [0.717, 1.165) is 17.8 Å². The SMILES string of the molecule is CCCC[C@H](CC)c1nnc(NC(=O)CC(C)C)s1. The summed E-state index contributed by atoms with van der Waals surface area (Å²) < 4.78 is 0. The average Bonchev–Trinajstić information content (AvgIpc) is 2.77. The Bertz CT molecular complexity index is 390. The summed E-state index contributed by atoms with van der Waals surface area (Å²) >= 11 is 1.52. The number of nitrogens with zero attached hydrogens (tertiary/aromatic N) is 2. The van der Waals surface area contributed by atoms with Crippen LogP contribution in [0.15, 0.2) is 0 Å². The van der Waals surface area contributed by atoms with Gasteiger partial charge in [0.25, 0.3) is 0 Å². The molecule has 0 aromatic carbocycles. The fraction of sp³-hybridized carbons (Fsp3) is 0.786. The second-order valence-electron chi connectivity index (χ2n) is 5.34. The molecule has 0 saturated carbocycles. The van der Waals surface area contributed by atoms with E-state index in [1.54, 1.807) is 0 Å². The Morgan fingerprint density at radius 2 is 2.05 bits per heavy atom. The molecule has 0 fully saturated rings. The lowest BCUT2D eigenvalue weighted by Crippen LogP contribution is -2.13. The van der Waals surface area contributed by atoms with Crippen molar-refractivity contribution in [2.75, 3.05) is 5.32 Å². The van der Waals surface area contributed by atoms with E-state index in [2.05, 4.69) is 29.4 Å². The summed E-state index contributed by atoms with van der Waals surface area (Å²) in [7, 11) is 0. The van der Waals surface area contributed by atoms with E-state index in [1.807, 2.05) is 13.8 Å². The fourth-order valence-electron chi connectivity index (χ4n) is 1.94. The van der Waals surface area contributed by atoms with Crippen LogP contribution in [0.25, 0.3) is 0 Å². The normalized spacial score (nSPS) is 12.7. The first-order chi connectivity index (χ1) is 9.06. The molecule has 1 amide bonds. The van der Waals surface area contributed by atoms with Crippen molar-refractivity contribution in [1.29, 1.82) is 0 Å². The molecular formula is C14H25N3OS. The highest BCUT2D eigenvalue weighted by molar-refractivity contribution is 7.15. The Labute approximate surface area is 120 Å². The molecule has 0 unspecified atom stereocenters. The van der Waals surface area contributed by atoms with E-state index in [-0.39, 0.29) is 5.91 Å². The van der Waals surface area contributed by atoms with Crippen LogP contribution in [-0.4, -0.2) is 16.1 Å². The summed E-state index contributed by atoms with van der Waals surface area (Å²) in [6.07, 6.45) is 5.18. The van der Waals surface area contributed by atoms with Crippen molar-refractivity contribution in [2.24, 2.45) is 5.92 Å². The predicted molar refractivity (Wildman–Crippen MR) is 80.6 cm³/mol. The van der Waals surface area contributed by atoms with E-state index >= 15 is 0 Å². The number of hydrogen-bond acceptors (Lipinski definition) is 4. The molecule has 1 rings (SSSR count). The third kappa shape index (κ3) is 5.68. The van der Waals surface area contributed by atoms with Crippen LogP contribution in [0, 0.1) is 5.92 Å². The first-order valence-corrected chi connectivity index (χ1v) is 8.01.